The van der Waals surface area contributed by atoms with Gasteiger partial charge in [0.05, 0.1) is 13.1 Å². The normalized spacial score (nSPS) is 16.1. The topological polar surface area (TPSA) is 58.1 Å². The van der Waals surface area contributed by atoms with Crippen LogP contribution in [0.5, 0.6) is 11.5 Å². The van der Waals surface area contributed by atoms with Gasteiger partial charge in [-0.3, -0.25) is 0 Å². The van der Waals surface area contributed by atoms with Crippen LogP contribution in [0.3, 0.4) is 0 Å². The van der Waals surface area contributed by atoms with E-state index >= 15 is 0 Å². The third-order valence-electron chi connectivity index (χ3n) is 4.35. The summed E-state index contributed by atoms with van der Waals surface area (Å²) in [5, 5.41) is 6.64. The van der Waals surface area contributed by atoms with Crippen LogP contribution in [0.2, 0.25) is 0 Å². The molecular formula is C22H30N4O2. The first kappa shape index (κ1) is 20.0. The molecule has 0 aromatic heterocycles. The number of ether oxygens (including phenoxy) is 2. The van der Waals surface area contributed by atoms with E-state index in [1.807, 2.05) is 24.3 Å². The Morgan fingerprint density at radius 1 is 1.04 bits per heavy atom. The summed E-state index contributed by atoms with van der Waals surface area (Å²) in [7, 11) is 4.15. The molecule has 1 heterocycles. The molecule has 1 aliphatic heterocycles. The van der Waals surface area contributed by atoms with Crippen LogP contribution < -0.4 is 20.1 Å². The number of hydrogen-bond acceptors (Lipinski definition) is 4. The zero-order valence-electron chi connectivity index (χ0n) is 16.9. The molecule has 0 saturated carbocycles. The second kappa shape index (κ2) is 9.99. The number of rotatable bonds is 7. The fourth-order valence-electron chi connectivity index (χ4n) is 3.00. The molecule has 0 amide bonds. The van der Waals surface area contributed by atoms with Crippen molar-refractivity contribution < 1.29 is 9.47 Å². The average Bonchev–Trinajstić information content (AvgIpc) is 2.70. The van der Waals surface area contributed by atoms with Gasteiger partial charge in [0.25, 0.3) is 0 Å². The molecule has 2 aromatic carbocycles. The molecule has 0 fully saturated rings. The molecule has 2 N–H and O–H groups in total. The van der Waals surface area contributed by atoms with Crippen LogP contribution in [0.15, 0.2) is 53.5 Å². The minimum Gasteiger partial charge on any atom is -0.486 e. The van der Waals surface area contributed by atoms with Gasteiger partial charge in [-0.15, -0.1) is 0 Å². The molecular weight excluding hydrogens is 352 g/mol. The van der Waals surface area contributed by atoms with Crippen molar-refractivity contribution in [2.24, 2.45) is 4.99 Å². The molecule has 1 aliphatic rings. The largest absolute Gasteiger partial charge is 0.486 e. The summed E-state index contributed by atoms with van der Waals surface area (Å²) in [6.45, 7) is 5.59. The van der Waals surface area contributed by atoms with E-state index in [2.05, 4.69) is 60.8 Å². The van der Waals surface area contributed by atoms with Crippen molar-refractivity contribution in [2.75, 3.05) is 33.8 Å². The Morgan fingerprint density at radius 2 is 1.75 bits per heavy atom. The van der Waals surface area contributed by atoms with Gasteiger partial charge in [0, 0.05) is 13.1 Å². The van der Waals surface area contributed by atoms with Crippen LogP contribution in [0.1, 0.15) is 18.1 Å². The number of aliphatic imine (C=N–C) groups is 1. The average molecular weight is 383 g/mol. The van der Waals surface area contributed by atoms with Gasteiger partial charge in [-0.25, -0.2) is 4.99 Å². The maximum Gasteiger partial charge on any atom is 0.191 e. The predicted molar refractivity (Wildman–Crippen MR) is 113 cm³/mol. The number of hydrogen-bond donors (Lipinski definition) is 2. The fraction of sp³-hybridized carbons (Fsp3) is 0.409. The Labute approximate surface area is 167 Å². The zero-order valence-corrected chi connectivity index (χ0v) is 16.9. The van der Waals surface area contributed by atoms with Crippen LogP contribution in [0.4, 0.5) is 0 Å². The van der Waals surface area contributed by atoms with E-state index in [9.17, 15) is 0 Å². The van der Waals surface area contributed by atoms with Gasteiger partial charge in [0.1, 0.15) is 12.7 Å². The Bertz CT molecular complexity index is 774. The van der Waals surface area contributed by atoms with Crippen molar-refractivity contribution in [1.82, 2.24) is 15.5 Å². The first-order valence-corrected chi connectivity index (χ1v) is 9.77. The highest BCUT2D eigenvalue weighted by Crippen LogP contribution is 2.30. The number of benzene rings is 2. The van der Waals surface area contributed by atoms with Gasteiger partial charge in [-0.1, -0.05) is 36.4 Å². The predicted octanol–water partition coefficient (Wildman–Crippen LogP) is 2.64. The van der Waals surface area contributed by atoms with Gasteiger partial charge >= 0.3 is 0 Å². The maximum atomic E-state index is 5.99. The van der Waals surface area contributed by atoms with Crippen molar-refractivity contribution in [3.8, 4) is 11.5 Å². The van der Waals surface area contributed by atoms with Gasteiger partial charge in [-0.2, -0.15) is 0 Å². The van der Waals surface area contributed by atoms with Crippen molar-refractivity contribution in [3.05, 3.63) is 59.7 Å². The Balaban J connectivity index is 1.53. The maximum absolute atomic E-state index is 5.99. The monoisotopic (exact) mass is 382 g/mol. The van der Waals surface area contributed by atoms with Crippen LogP contribution in [0.25, 0.3) is 0 Å². The van der Waals surface area contributed by atoms with Gasteiger partial charge < -0.3 is 25.0 Å². The lowest BCUT2D eigenvalue weighted by molar-refractivity contribution is 0.0936. The van der Waals surface area contributed by atoms with Gasteiger partial charge in [0.2, 0.25) is 0 Å². The molecule has 6 heteroatoms. The molecule has 0 radical (unpaired) electrons. The number of nitrogens with zero attached hydrogens (tertiary/aromatic N) is 2. The van der Waals surface area contributed by atoms with Crippen LogP contribution in [0, 0.1) is 0 Å². The van der Waals surface area contributed by atoms with E-state index in [1.165, 1.54) is 11.1 Å². The summed E-state index contributed by atoms with van der Waals surface area (Å²) in [6, 6.07) is 16.4. The van der Waals surface area contributed by atoms with Crippen molar-refractivity contribution in [2.45, 2.75) is 26.1 Å². The van der Waals surface area contributed by atoms with Gasteiger partial charge in [-0.05, 0) is 44.3 Å². The minimum absolute atomic E-state index is 0.0518. The fourth-order valence-corrected chi connectivity index (χ4v) is 3.00. The van der Waals surface area contributed by atoms with Crippen LogP contribution in [-0.4, -0.2) is 50.8 Å². The molecule has 3 rings (SSSR count). The van der Waals surface area contributed by atoms with Gasteiger partial charge in [0.15, 0.2) is 17.5 Å². The molecule has 6 nitrogen and oxygen atoms in total. The lowest BCUT2D eigenvalue weighted by atomic mass is 10.1. The van der Waals surface area contributed by atoms with E-state index in [4.69, 9.17) is 14.5 Å². The summed E-state index contributed by atoms with van der Waals surface area (Å²) >= 11 is 0. The molecule has 0 bridgehead atoms. The molecule has 28 heavy (non-hydrogen) atoms. The van der Waals surface area contributed by atoms with E-state index in [0.29, 0.717) is 19.7 Å². The lowest BCUT2D eigenvalue weighted by Crippen LogP contribution is -2.45. The standard InChI is InChI=1S/C22H30N4O2/c1-4-23-22(24-13-17-9-11-18(12-10-17)15-26(2)3)25-14-19-16-27-20-7-5-6-8-21(20)28-19/h5-12,19H,4,13-16H2,1-3H3,(H2,23,24,25). The Hall–Kier alpha value is -2.73. The second-order valence-corrected chi connectivity index (χ2v) is 7.13. The number of para-hydroxylation sites is 2. The molecule has 1 atom stereocenters. The van der Waals surface area contributed by atoms with E-state index < -0.39 is 0 Å². The Morgan fingerprint density at radius 3 is 2.46 bits per heavy atom. The van der Waals surface area contributed by atoms with Crippen LogP contribution >= 0.6 is 0 Å². The zero-order chi connectivity index (χ0) is 19.8. The highest BCUT2D eigenvalue weighted by molar-refractivity contribution is 5.79. The van der Waals surface area contributed by atoms with E-state index in [0.717, 1.165) is 30.5 Å². The molecule has 2 aromatic rings. The first-order valence-electron chi connectivity index (χ1n) is 9.77. The highest BCUT2D eigenvalue weighted by Gasteiger charge is 2.20. The highest BCUT2D eigenvalue weighted by atomic mass is 16.6. The minimum atomic E-state index is -0.0518. The lowest BCUT2D eigenvalue weighted by Gasteiger charge is -2.27. The quantitative estimate of drug-likeness (QED) is 0.570. The number of guanidine groups is 1. The van der Waals surface area contributed by atoms with Crippen molar-refractivity contribution >= 4 is 5.96 Å². The SMILES string of the molecule is CCNC(=NCc1ccc(CN(C)C)cc1)NCC1COc2ccccc2O1. The smallest absolute Gasteiger partial charge is 0.191 e. The Kier molecular flexibility index (Phi) is 7.14. The summed E-state index contributed by atoms with van der Waals surface area (Å²) in [5.41, 5.74) is 2.49. The van der Waals surface area contributed by atoms with Crippen molar-refractivity contribution in [1.29, 1.82) is 0 Å². The molecule has 0 saturated heterocycles. The third kappa shape index (κ3) is 5.89. The first-order chi connectivity index (χ1) is 13.6. The summed E-state index contributed by atoms with van der Waals surface area (Å²) in [4.78, 5) is 6.85. The molecule has 150 valence electrons. The summed E-state index contributed by atoms with van der Waals surface area (Å²) in [6.07, 6.45) is -0.0518. The number of nitrogens with one attached hydrogen (secondary N) is 2. The third-order valence-corrected chi connectivity index (χ3v) is 4.35. The summed E-state index contributed by atoms with van der Waals surface area (Å²) in [5.74, 6) is 2.37. The second-order valence-electron chi connectivity index (χ2n) is 7.13. The summed E-state index contributed by atoms with van der Waals surface area (Å²) < 4.78 is 11.8. The number of fused-ring (bicyclic) bond motifs is 1. The van der Waals surface area contributed by atoms with Crippen molar-refractivity contribution in [3.63, 3.8) is 0 Å². The molecule has 0 aliphatic carbocycles. The van der Waals surface area contributed by atoms with Crippen LogP contribution in [-0.2, 0) is 13.1 Å². The van der Waals surface area contributed by atoms with E-state index in [-0.39, 0.29) is 6.10 Å². The molecule has 1 unspecified atom stereocenters. The molecule has 0 spiro atoms. The van der Waals surface area contributed by atoms with E-state index in [1.54, 1.807) is 0 Å².